The standard InChI is InChI=1S/C18H24O12/c19-8-5-27-17(14(23)11(8)20)28-6-10-12(21)13(22)15(24)18(30-10)29-9-4-2-1-3-7(9)16(25)26/h1-4,8,10-15,17-24H,5-6H2,(H,25,26)/t8-,10-,11+,12-,13+,14-,15-,17+,18-/m1/s1. The Kier molecular flexibility index (Phi) is 7.23. The number of carboxylic acid groups (broad SMARTS) is 1. The topological polar surface area (TPSA) is 196 Å². The Bertz CT molecular complexity index is 729. The van der Waals surface area contributed by atoms with E-state index in [-0.39, 0.29) is 17.9 Å². The molecule has 3 rings (SSSR count). The lowest BCUT2D eigenvalue weighted by Crippen LogP contribution is -2.61. The van der Waals surface area contributed by atoms with Gasteiger partial charge in [-0.05, 0) is 12.1 Å². The van der Waals surface area contributed by atoms with Gasteiger partial charge in [0.1, 0.15) is 54.0 Å². The summed E-state index contributed by atoms with van der Waals surface area (Å²) in [7, 11) is 0. The van der Waals surface area contributed by atoms with E-state index >= 15 is 0 Å². The number of para-hydroxylation sites is 1. The van der Waals surface area contributed by atoms with Gasteiger partial charge in [0.15, 0.2) is 6.29 Å². The van der Waals surface area contributed by atoms with Crippen LogP contribution in [0.3, 0.4) is 0 Å². The molecule has 0 spiro atoms. The number of carbonyl (C=O) groups is 1. The molecule has 0 amide bonds. The minimum Gasteiger partial charge on any atom is -0.478 e. The molecule has 2 aliphatic heterocycles. The second kappa shape index (κ2) is 9.51. The number of aliphatic hydroxyl groups excluding tert-OH is 6. The van der Waals surface area contributed by atoms with E-state index in [1.165, 1.54) is 24.3 Å². The third-order valence-corrected chi connectivity index (χ3v) is 4.91. The Labute approximate surface area is 170 Å². The summed E-state index contributed by atoms with van der Waals surface area (Å²) >= 11 is 0. The molecule has 2 fully saturated rings. The highest BCUT2D eigenvalue weighted by molar-refractivity contribution is 5.90. The Balaban J connectivity index is 1.67. The second-order valence-electron chi connectivity index (χ2n) is 7.02. The van der Waals surface area contributed by atoms with Gasteiger partial charge in [-0.1, -0.05) is 12.1 Å². The highest BCUT2D eigenvalue weighted by Gasteiger charge is 2.46. The summed E-state index contributed by atoms with van der Waals surface area (Å²) in [4.78, 5) is 11.3. The molecule has 1 aromatic carbocycles. The van der Waals surface area contributed by atoms with Crippen LogP contribution in [-0.2, 0) is 14.2 Å². The van der Waals surface area contributed by atoms with Crippen LogP contribution in [0.1, 0.15) is 10.4 Å². The largest absolute Gasteiger partial charge is 0.478 e. The highest BCUT2D eigenvalue weighted by Crippen LogP contribution is 2.27. The minimum absolute atomic E-state index is 0.125. The van der Waals surface area contributed by atoms with Gasteiger partial charge >= 0.3 is 5.97 Å². The van der Waals surface area contributed by atoms with Crippen molar-refractivity contribution in [3.63, 3.8) is 0 Å². The second-order valence-corrected chi connectivity index (χ2v) is 7.02. The van der Waals surface area contributed by atoms with Gasteiger partial charge in [-0.15, -0.1) is 0 Å². The number of carboxylic acids is 1. The summed E-state index contributed by atoms with van der Waals surface area (Å²) in [6.45, 7) is -0.744. The molecule has 168 valence electrons. The maximum Gasteiger partial charge on any atom is 0.339 e. The molecule has 0 aliphatic carbocycles. The van der Waals surface area contributed by atoms with Crippen molar-refractivity contribution >= 4 is 5.97 Å². The average molecular weight is 432 g/mol. The van der Waals surface area contributed by atoms with Crippen molar-refractivity contribution in [3.05, 3.63) is 29.8 Å². The van der Waals surface area contributed by atoms with Crippen LogP contribution in [0.2, 0.25) is 0 Å². The van der Waals surface area contributed by atoms with Gasteiger partial charge in [-0.25, -0.2) is 4.79 Å². The zero-order valence-electron chi connectivity index (χ0n) is 15.6. The van der Waals surface area contributed by atoms with Gasteiger partial charge in [0, 0.05) is 0 Å². The normalized spacial score (nSPS) is 39.5. The van der Waals surface area contributed by atoms with Crippen LogP contribution in [0.25, 0.3) is 0 Å². The molecule has 1 aromatic rings. The van der Waals surface area contributed by atoms with Gasteiger partial charge in [0.2, 0.25) is 6.29 Å². The molecule has 12 heteroatoms. The zero-order valence-corrected chi connectivity index (χ0v) is 15.6. The Morgan fingerprint density at radius 2 is 1.60 bits per heavy atom. The summed E-state index contributed by atoms with van der Waals surface area (Å²) in [5.74, 6) is -1.40. The number of aromatic carboxylic acids is 1. The van der Waals surface area contributed by atoms with Crippen LogP contribution in [0.4, 0.5) is 0 Å². The fourth-order valence-corrected chi connectivity index (χ4v) is 3.14. The summed E-state index contributed by atoms with van der Waals surface area (Å²) in [6.07, 6.45) is -13.5. The molecule has 0 bridgehead atoms. The van der Waals surface area contributed by atoms with Crippen molar-refractivity contribution in [1.29, 1.82) is 0 Å². The summed E-state index contributed by atoms with van der Waals surface area (Å²) in [5, 5.41) is 68.7. The van der Waals surface area contributed by atoms with Crippen molar-refractivity contribution in [2.45, 2.75) is 55.3 Å². The first-order chi connectivity index (χ1) is 14.2. The predicted molar refractivity (Wildman–Crippen MR) is 94.4 cm³/mol. The first-order valence-corrected chi connectivity index (χ1v) is 9.16. The maximum absolute atomic E-state index is 11.3. The van der Waals surface area contributed by atoms with Gasteiger partial charge in [0.25, 0.3) is 0 Å². The van der Waals surface area contributed by atoms with E-state index in [1.54, 1.807) is 0 Å². The van der Waals surface area contributed by atoms with Crippen LogP contribution in [0.15, 0.2) is 24.3 Å². The monoisotopic (exact) mass is 432 g/mol. The van der Waals surface area contributed by atoms with Gasteiger partial charge in [-0.3, -0.25) is 0 Å². The molecule has 7 N–H and O–H groups in total. The minimum atomic E-state index is -1.71. The molecule has 30 heavy (non-hydrogen) atoms. The fourth-order valence-electron chi connectivity index (χ4n) is 3.14. The smallest absolute Gasteiger partial charge is 0.339 e. The van der Waals surface area contributed by atoms with E-state index in [9.17, 15) is 40.5 Å². The molecule has 0 unspecified atom stereocenters. The Hall–Kier alpha value is -1.87. The fraction of sp³-hybridized carbons (Fsp3) is 0.611. The molecule has 12 nitrogen and oxygen atoms in total. The molecule has 0 saturated carbocycles. The van der Waals surface area contributed by atoms with Crippen LogP contribution in [-0.4, -0.2) is 110 Å². The number of aliphatic hydroxyl groups is 6. The van der Waals surface area contributed by atoms with Crippen LogP contribution < -0.4 is 4.74 Å². The molecule has 0 radical (unpaired) electrons. The van der Waals surface area contributed by atoms with E-state index in [1.807, 2.05) is 0 Å². The lowest BCUT2D eigenvalue weighted by atomic mass is 9.99. The van der Waals surface area contributed by atoms with Crippen molar-refractivity contribution in [2.24, 2.45) is 0 Å². The number of benzene rings is 1. The summed E-state index contributed by atoms with van der Waals surface area (Å²) in [6, 6.07) is 5.59. The van der Waals surface area contributed by atoms with Gasteiger partial charge < -0.3 is 54.7 Å². The van der Waals surface area contributed by atoms with E-state index in [0.29, 0.717) is 0 Å². The number of ether oxygens (including phenoxy) is 4. The first-order valence-electron chi connectivity index (χ1n) is 9.16. The summed E-state index contributed by atoms with van der Waals surface area (Å²) in [5.41, 5.74) is -0.201. The van der Waals surface area contributed by atoms with E-state index < -0.39 is 67.9 Å². The van der Waals surface area contributed by atoms with E-state index in [0.717, 1.165) is 0 Å². The SMILES string of the molecule is O=C(O)c1ccccc1O[C@@H]1O[C@H](CO[C@@H]2OC[C@@H](O)[C@H](O)[C@H]2O)[C@@H](O)[C@H](O)[C@H]1O. The average Bonchev–Trinajstić information content (AvgIpc) is 2.73. The molecular formula is C18H24O12. The van der Waals surface area contributed by atoms with E-state index in [4.69, 9.17) is 18.9 Å². The van der Waals surface area contributed by atoms with Crippen molar-refractivity contribution in [1.82, 2.24) is 0 Å². The van der Waals surface area contributed by atoms with Crippen molar-refractivity contribution in [3.8, 4) is 5.75 Å². The zero-order chi connectivity index (χ0) is 22.0. The molecule has 2 saturated heterocycles. The lowest BCUT2D eigenvalue weighted by molar-refractivity contribution is -0.307. The molecule has 9 atom stereocenters. The Morgan fingerprint density at radius 3 is 2.30 bits per heavy atom. The van der Waals surface area contributed by atoms with Crippen LogP contribution in [0, 0.1) is 0 Å². The molecule has 2 aliphatic rings. The highest BCUT2D eigenvalue weighted by atomic mass is 16.7. The van der Waals surface area contributed by atoms with Crippen molar-refractivity contribution < 1.29 is 59.5 Å². The van der Waals surface area contributed by atoms with Gasteiger partial charge in [0.05, 0.1) is 13.2 Å². The number of hydrogen-bond acceptors (Lipinski definition) is 11. The lowest BCUT2D eigenvalue weighted by Gasteiger charge is -2.41. The molecule has 2 heterocycles. The van der Waals surface area contributed by atoms with E-state index in [2.05, 4.69) is 0 Å². The third-order valence-electron chi connectivity index (χ3n) is 4.91. The van der Waals surface area contributed by atoms with Gasteiger partial charge in [-0.2, -0.15) is 0 Å². The van der Waals surface area contributed by atoms with Crippen LogP contribution in [0.5, 0.6) is 5.75 Å². The first kappa shape index (κ1) is 22.8. The third kappa shape index (κ3) is 4.72. The maximum atomic E-state index is 11.3. The quantitative estimate of drug-likeness (QED) is 0.241. The molecular weight excluding hydrogens is 408 g/mol. The Morgan fingerprint density at radius 1 is 0.933 bits per heavy atom. The number of hydrogen-bond donors (Lipinski definition) is 7. The predicted octanol–water partition coefficient (Wildman–Crippen LogP) is -2.97. The molecule has 0 aromatic heterocycles. The van der Waals surface area contributed by atoms with Crippen LogP contribution >= 0.6 is 0 Å². The number of rotatable bonds is 6. The van der Waals surface area contributed by atoms with Crippen molar-refractivity contribution in [2.75, 3.05) is 13.2 Å². The summed E-state index contributed by atoms with van der Waals surface area (Å²) < 4.78 is 21.2.